The molecule has 0 aliphatic carbocycles. The van der Waals surface area contributed by atoms with E-state index in [0.717, 1.165) is 17.7 Å². The van der Waals surface area contributed by atoms with Gasteiger partial charge in [0.1, 0.15) is 34.5 Å². The molecule has 0 radical (unpaired) electrons. The zero-order valence-electron chi connectivity index (χ0n) is 14.3. The molecule has 7 nitrogen and oxygen atoms in total. The highest BCUT2D eigenvalue weighted by molar-refractivity contribution is 9.10. The largest absolute Gasteiger partial charge is 0.460 e. The van der Waals surface area contributed by atoms with Crippen molar-refractivity contribution in [1.82, 2.24) is 0 Å². The fraction of sp³-hybridized carbons (Fsp3) is 0.105. The van der Waals surface area contributed by atoms with E-state index in [2.05, 4.69) is 15.9 Å². The van der Waals surface area contributed by atoms with Gasteiger partial charge in [-0.2, -0.15) is 0 Å². The second-order valence-electron chi connectivity index (χ2n) is 5.47. The highest BCUT2D eigenvalue weighted by atomic mass is 79.9. The van der Waals surface area contributed by atoms with Crippen LogP contribution in [0.3, 0.4) is 0 Å². The summed E-state index contributed by atoms with van der Waals surface area (Å²) in [5.74, 6) is -0.838. The Bertz CT molecular complexity index is 1080. The monoisotopic (exact) mass is 432 g/mol. The fourth-order valence-corrected chi connectivity index (χ4v) is 2.60. The van der Waals surface area contributed by atoms with Crippen molar-refractivity contribution in [2.75, 3.05) is 0 Å². The highest BCUT2D eigenvalue weighted by Crippen LogP contribution is 2.33. The molecule has 0 N–H and O–H groups in total. The standard InChI is InChI=1S/C19H13BrO7/c1-10(21)25-16-8-14(27-13-5-3-12(20)4-6-13)7-15-18(16)19(23)17(9-24-15)26-11(2)22/h3-9H,1-2H3. The van der Waals surface area contributed by atoms with Gasteiger partial charge in [-0.25, -0.2) is 0 Å². The van der Waals surface area contributed by atoms with E-state index in [1.165, 1.54) is 19.1 Å². The van der Waals surface area contributed by atoms with Crippen LogP contribution < -0.4 is 19.6 Å². The van der Waals surface area contributed by atoms with Gasteiger partial charge in [-0.15, -0.1) is 0 Å². The third-order valence-electron chi connectivity index (χ3n) is 3.34. The maximum absolute atomic E-state index is 12.6. The van der Waals surface area contributed by atoms with Gasteiger partial charge in [-0.1, -0.05) is 15.9 Å². The lowest BCUT2D eigenvalue weighted by Gasteiger charge is -2.11. The second kappa shape index (κ2) is 7.63. The SMILES string of the molecule is CC(=O)Oc1coc2cc(Oc3ccc(Br)cc3)cc(OC(C)=O)c2c1=O. The molecule has 0 saturated carbocycles. The lowest BCUT2D eigenvalue weighted by atomic mass is 10.2. The highest BCUT2D eigenvalue weighted by Gasteiger charge is 2.18. The van der Waals surface area contributed by atoms with E-state index in [9.17, 15) is 14.4 Å². The predicted molar refractivity (Wildman–Crippen MR) is 99.3 cm³/mol. The number of rotatable bonds is 4. The normalized spacial score (nSPS) is 10.5. The number of hydrogen-bond donors (Lipinski definition) is 0. The Kier molecular flexibility index (Phi) is 5.27. The van der Waals surface area contributed by atoms with E-state index in [0.29, 0.717) is 11.5 Å². The molecular formula is C19H13BrO7. The van der Waals surface area contributed by atoms with E-state index >= 15 is 0 Å². The zero-order valence-corrected chi connectivity index (χ0v) is 15.9. The molecule has 0 bridgehead atoms. The zero-order chi connectivity index (χ0) is 19.6. The van der Waals surface area contributed by atoms with Crippen molar-refractivity contribution in [1.29, 1.82) is 0 Å². The molecule has 0 amide bonds. The van der Waals surface area contributed by atoms with Gasteiger partial charge in [0, 0.05) is 30.5 Å². The van der Waals surface area contributed by atoms with Gasteiger partial charge in [-0.05, 0) is 24.3 Å². The summed E-state index contributed by atoms with van der Waals surface area (Å²) in [5.41, 5.74) is -0.528. The quantitative estimate of drug-likeness (QED) is 0.450. The molecular weight excluding hydrogens is 420 g/mol. The molecule has 8 heteroatoms. The first-order chi connectivity index (χ1) is 12.8. The van der Waals surface area contributed by atoms with Crippen LogP contribution >= 0.6 is 15.9 Å². The second-order valence-corrected chi connectivity index (χ2v) is 6.38. The Hall–Kier alpha value is -3.13. The van der Waals surface area contributed by atoms with Gasteiger partial charge in [0.25, 0.3) is 0 Å². The maximum Gasteiger partial charge on any atom is 0.308 e. The molecule has 0 aliphatic rings. The molecule has 0 aliphatic heterocycles. The lowest BCUT2D eigenvalue weighted by Crippen LogP contribution is -2.13. The average Bonchev–Trinajstić information content (AvgIpc) is 2.58. The molecule has 2 aromatic carbocycles. The van der Waals surface area contributed by atoms with Crippen LogP contribution in [-0.2, 0) is 9.59 Å². The minimum Gasteiger partial charge on any atom is -0.460 e. The summed E-state index contributed by atoms with van der Waals surface area (Å²) in [7, 11) is 0. The number of ether oxygens (including phenoxy) is 3. The van der Waals surface area contributed by atoms with Gasteiger partial charge >= 0.3 is 11.9 Å². The summed E-state index contributed by atoms with van der Waals surface area (Å²) < 4.78 is 22.0. The van der Waals surface area contributed by atoms with Crippen molar-refractivity contribution in [2.24, 2.45) is 0 Å². The minimum atomic E-state index is -0.675. The summed E-state index contributed by atoms with van der Waals surface area (Å²) in [6, 6.07) is 9.94. The van der Waals surface area contributed by atoms with Crippen molar-refractivity contribution in [3.63, 3.8) is 0 Å². The van der Waals surface area contributed by atoms with Crippen molar-refractivity contribution in [3.8, 4) is 23.0 Å². The summed E-state index contributed by atoms with van der Waals surface area (Å²) in [6.45, 7) is 2.36. The first-order valence-corrected chi connectivity index (χ1v) is 8.52. The maximum atomic E-state index is 12.6. The van der Waals surface area contributed by atoms with E-state index in [1.54, 1.807) is 24.3 Å². The molecule has 0 saturated heterocycles. The van der Waals surface area contributed by atoms with Crippen molar-refractivity contribution >= 4 is 38.8 Å². The van der Waals surface area contributed by atoms with Crippen molar-refractivity contribution in [2.45, 2.75) is 13.8 Å². The average molecular weight is 433 g/mol. The molecule has 0 fully saturated rings. The minimum absolute atomic E-state index is 0.0351. The van der Waals surface area contributed by atoms with Gasteiger partial charge in [-0.3, -0.25) is 14.4 Å². The van der Waals surface area contributed by atoms with Crippen LogP contribution in [0.15, 0.2) is 56.3 Å². The van der Waals surface area contributed by atoms with Crippen molar-refractivity contribution < 1.29 is 28.2 Å². The Morgan fingerprint density at radius 2 is 1.56 bits per heavy atom. The van der Waals surface area contributed by atoms with Crippen LogP contribution in [0.4, 0.5) is 0 Å². The van der Waals surface area contributed by atoms with Gasteiger partial charge in [0.2, 0.25) is 11.2 Å². The Morgan fingerprint density at radius 1 is 0.926 bits per heavy atom. The number of carbonyl (C=O) groups excluding carboxylic acids is 2. The van der Waals surface area contributed by atoms with Crippen LogP contribution in [0, 0.1) is 0 Å². The molecule has 1 aromatic heterocycles. The van der Waals surface area contributed by atoms with Gasteiger partial charge in [0.05, 0.1) is 0 Å². The molecule has 27 heavy (non-hydrogen) atoms. The Morgan fingerprint density at radius 3 is 2.19 bits per heavy atom. The van der Waals surface area contributed by atoms with Crippen LogP contribution in [0.5, 0.6) is 23.0 Å². The van der Waals surface area contributed by atoms with Crippen LogP contribution in [0.25, 0.3) is 11.0 Å². The first-order valence-electron chi connectivity index (χ1n) is 7.73. The summed E-state index contributed by atoms with van der Waals surface area (Å²) in [5, 5.41) is -0.0351. The molecule has 0 spiro atoms. The molecule has 1 heterocycles. The smallest absolute Gasteiger partial charge is 0.308 e. The molecule has 3 rings (SSSR count). The first kappa shape index (κ1) is 18.7. The molecule has 3 aromatic rings. The van der Waals surface area contributed by atoms with E-state index in [-0.39, 0.29) is 22.5 Å². The van der Waals surface area contributed by atoms with E-state index in [4.69, 9.17) is 18.6 Å². The molecule has 0 atom stereocenters. The number of benzene rings is 2. The van der Waals surface area contributed by atoms with Crippen LogP contribution in [-0.4, -0.2) is 11.9 Å². The van der Waals surface area contributed by atoms with Crippen molar-refractivity contribution in [3.05, 3.63) is 57.4 Å². The summed E-state index contributed by atoms with van der Waals surface area (Å²) >= 11 is 3.34. The predicted octanol–water partition coefficient (Wildman–Crippen LogP) is 4.20. The summed E-state index contributed by atoms with van der Waals surface area (Å²) in [4.78, 5) is 35.2. The third kappa shape index (κ3) is 4.35. The Labute approximate surface area is 161 Å². The fourth-order valence-electron chi connectivity index (χ4n) is 2.33. The number of fused-ring (bicyclic) bond motifs is 1. The lowest BCUT2D eigenvalue weighted by molar-refractivity contribution is -0.133. The molecule has 138 valence electrons. The van der Waals surface area contributed by atoms with Crippen LogP contribution in [0.2, 0.25) is 0 Å². The Balaban J connectivity index is 2.12. The number of esters is 2. The molecule has 0 unspecified atom stereocenters. The van der Waals surface area contributed by atoms with E-state index < -0.39 is 17.4 Å². The summed E-state index contributed by atoms with van der Waals surface area (Å²) in [6.07, 6.45) is 1.02. The van der Waals surface area contributed by atoms with E-state index in [1.807, 2.05) is 0 Å². The third-order valence-corrected chi connectivity index (χ3v) is 3.87. The number of halogens is 1. The number of hydrogen-bond acceptors (Lipinski definition) is 7. The van der Waals surface area contributed by atoms with Gasteiger partial charge < -0.3 is 18.6 Å². The van der Waals surface area contributed by atoms with Gasteiger partial charge in [0.15, 0.2) is 0 Å². The topological polar surface area (TPSA) is 92.0 Å². The number of carbonyl (C=O) groups is 2. The van der Waals surface area contributed by atoms with Crippen LogP contribution in [0.1, 0.15) is 13.8 Å².